The van der Waals surface area contributed by atoms with Gasteiger partial charge < -0.3 is 60.7 Å². The average Bonchev–Trinajstić information content (AvgIpc) is 1.23. The molecule has 1 heterocycles. The van der Waals surface area contributed by atoms with Crippen molar-refractivity contribution in [1.82, 2.24) is 55.6 Å². The van der Waals surface area contributed by atoms with E-state index < -0.39 is 155 Å². The molecular formula is C63H113N11O12S. The summed E-state index contributed by atoms with van der Waals surface area (Å²) in [5, 5.41) is 22.0. The van der Waals surface area contributed by atoms with Gasteiger partial charge in [0.25, 0.3) is 5.91 Å². The van der Waals surface area contributed by atoms with Crippen LogP contribution >= 0.6 is 11.8 Å². The molecule has 0 aliphatic carbocycles. The Morgan fingerprint density at radius 2 is 0.851 bits per heavy atom. The Morgan fingerprint density at radius 3 is 1.28 bits per heavy atom. The number of nitrogens with one attached hydrogen (secondary N) is 4. The highest BCUT2D eigenvalue weighted by Gasteiger charge is 2.46. The molecule has 0 spiro atoms. The zero-order chi connectivity index (χ0) is 67.6. The molecule has 0 radical (unpaired) electrons. The number of thioether (sulfide) groups is 1. The molecule has 24 heteroatoms. The van der Waals surface area contributed by atoms with Gasteiger partial charge in [0.1, 0.15) is 60.4 Å². The fourth-order valence-corrected chi connectivity index (χ4v) is 11.8. The Bertz CT molecular complexity index is 2390. The molecule has 13 atom stereocenters. The summed E-state index contributed by atoms with van der Waals surface area (Å²) in [6.07, 6.45) is 4.61. The van der Waals surface area contributed by atoms with Crippen molar-refractivity contribution in [3.8, 4) is 0 Å². The van der Waals surface area contributed by atoms with E-state index in [-0.39, 0.29) is 55.8 Å². The molecule has 0 unspecified atom stereocenters. The van der Waals surface area contributed by atoms with Crippen LogP contribution in [-0.4, -0.2) is 232 Å². The average molecular weight is 1250 g/mol. The molecule has 11 amide bonds. The van der Waals surface area contributed by atoms with Crippen LogP contribution in [0.4, 0.5) is 0 Å². The lowest BCUT2D eigenvalue weighted by Crippen LogP contribution is -2.64. The first-order valence-corrected chi connectivity index (χ1v) is 32.4. The third-order valence-electron chi connectivity index (χ3n) is 16.4. The van der Waals surface area contributed by atoms with E-state index in [4.69, 9.17) is 0 Å². The predicted octanol–water partition coefficient (Wildman–Crippen LogP) is 3.96. The first kappa shape index (κ1) is 79.2. The summed E-state index contributed by atoms with van der Waals surface area (Å²) >= 11 is 1.02. The summed E-state index contributed by atoms with van der Waals surface area (Å²) in [6, 6.07) is -12.4. The summed E-state index contributed by atoms with van der Waals surface area (Å²) in [7, 11) is 9.97. The molecule has 0 aromatic rings. The number of likely N-dealkylation sites (N-methyl/N-ethyl adjacent to an activating group) is 7. The number of allylic oxidation sites excluding steroid dienone is 2. The molecule has 1 saturated heterocycles. The van der Waals surface area contributed by atoms with Crippen LogP contribution in [0.2, 0.25) is 0 Å². The fourth-order valence-electron chi connectivity index (χ4n) is 11.0. The third-order valence-corrected chi connectivity index (χ3v) is 17.4. The molecule has 0 aromatic heterocycles. The van der Waals surface area contributed by atoms with Crippen LogP contribution in [0.3, 0.4) is 0 Å². The van der Waals surface area contributed by atoms with Gasteiger partial charge in [-0.05, 0) is 107 Å². The van der Waals surface area contributed by atoms with E-state index in [1.807, 2.05) is 61.5 Å². The van der Waals surface area contributed by atoms with E-state index in [9.17, 15) is 48.3 Å². The van der Waals surface area contributed by atoms with E-state index in [0.717, 1.165) is 16.7 Å². The number of aliphatic hydroxyl groups is 1. The van der Waals surface area contributed by atoms with Crippen LogP contribution < -0.4 is 21.3 Å². The van der Waals surface area contributed by atoms with E-state index in [1.54, 1.807) is 60.8 Å². The van der Waals surface area contributed by atoms with Crippen LogP contribution in [0.15, 0.2) is 12.2 Å². The van der Waals surface area contributed by atoms with Crippen molar-refractivity contribution in [1.29, 1.82) is 0 Å². The van der Waals surface area contributed by atoms with Gasteiger partial charge >= 0.3 is 0 Å². The minimum absolute atomic E-state index is 0.0101. The number of carbonyl (C=O) groups is 11. The summed E-state index contributed by atoms with van der Waals surface area (Å²) in [5.74, 6) is -9.78. The van der Waals surface area contributed by atoms with Gasteiger partial charge in [0.05, 0.1) is 6.10 Å². The second-order valence-corrected chi connectivity index (χ2v) is 27.3. The van der Waals surface area contributed by atoms with Gasteiger partial charge in [0.2, 0.25) is 59.1 Å². The molecule has 87 heavy (non-hydrogen) atoms. The molecule has 0 saturated carbocycles. The van der Waals surface area contributed by atoms with E-state index in [0.29, 0.717) is 6.42 Å². The molecule has 0 aromatic carbocycles. The maximum atomic E-state index is 15.2. The summed E-state index contributed by atoms with van der Waals surface area (Å²) < 4.78 is 0. The number of amides is 11. The summed E-state index contributed by atoms with van der Waals surface area (Å²) in [6.45, 7) is 29.9. The molecule has 5 N–H and O–H groups in total. The number of nitrogens with zero attached hydrogens (tertiary/aromatic N) is 7. The largest absolute Gasteiger partial charge is 0.390 e. The van der Waals surface area contributed by atoms with Crippen molar-refractivity contribution in [3.05, 3.63) is 12.2 Å². The maximum Gasteiger partial charge on any atom is 0.256 e. The van der Waals surface area contributed by atoms with Gasteiger partial charge in [0, 0.05) is 49.3 Å². The number of rotatable bonds is 16. The van der Waals surface area contributed by atoms with Gasteiger partial charge in [-0.25, -0.2) is 0 Å². The van der Waals surface area contributed by atoms with Gasteiger partial charge in [-0.2, -0.15) is 0 Å². The smallest absolute Gasteiger partial charge is 0.256 e. The molecule has 498 valence electrons. The summed E-state index contributed by atoms with van der Waals surface area (Å²) in [5.41, 5.74) is 0. The number of hydrogen-bond acceptors (Lipinski definition) is 13. The number of carbonyl (C=O) groups excluding carboxylic acids is 11. The topological polar surface area (TPSA) is 279 Å². The van der Waals surface area contributed by atoms with Crippen molar-refractivity contribution in [3.63, 3.8) is 0 Å². The van der Waals surface area contributed by atoms with Gasteiger partial charge in [-0.3, -0.25) is 52.7 Å². The number of hydrogen-bond donors (Lipinski definition) is 5. The monoisotopic (exact) mass is 1250 g/mol. The molecule has 1 fully saturated rings. The lowest BCUT2D eigenvalue weighted by atomic mass is 9.91. The Balaban J connectivity index is 4.41. The quantitative estimate of drug-likeness (QED) is 0.137. The van der Waals surface area contributed by atoms with Crippen molar-refractivity contribution in [2.24, 2.45) is 41.4 Å². The van der Waals surface area contributed by atoms with E-state index >= 15 is 9.59 Å². The lowest BCUT2D eigenvalue weighted by Gasteiger charge is -2.41. The van der Waals surface area contributed by atoms with E-state index in [2.05, 4.69) is 21.3 Å². The summed E-state index contributed by atoms with van der Waals surface area (Å²) in [4.78, 5) is 170. The molecule has 23 nitrogen and oxygen atoms in total. The van der Waals surface area contributed by atoms with Crippen molar-refractivity contribution in [2.75, 3.05) is 55.6 Å². The Kier molecular flexibility index (Phi) is 32.8. The highest BCUT2D eigenvalue weighted by atomic mass is 32.2. The second-order valence-electron chi connectivity index (χ2n) is 26.4. The normalized spacial score (nSPS) is 27.4. The Labute approximate surface area is 525 Å². The Hall–Kier alpha value is -5.78. The molecule has 1 rings (SSSR count). The maximum absolute atomic E-state index is 15.2. The Morgan fingerprint density at radius 1 is 0.448 bits per heavy atom. The van der Waals surface area contributed by atoms with Gasteiger partial charge in [-0.1, -0.05) is 109 Å². The van der Waals surface area contributed by atoms with Crippen molar-refractivity contribution >= 4 is 76.7 Å². The van der Waals surface area contributed by atoms with Crippen LogP contribution in [0.25, 0.3) is 0 Å². The molecule has 0 bridgehead atoms. The minimum Gasteiger partial charge on any atom is -0.390 e. The van der Waals surface area contributed by atoms with Crippen LogP contribution in [0, 0.1) is 41.4 Å². The highest BCUT2D eigenvalue weighted by Crippen LogP contribution is 2.27. The van der Waals surface area contributed by atoms with Crippen LogP contribution in [0.5, 0.6) is 0 Å². The molecular weight excluding hydrogens is 1130 g/mol. The van der Waals surface area contributed by atoms with Crippen molar-refractivity contribution < 1.29 is 57.8 Å². The van der Waals surface area contributed by atoms with Gasteiger partial charge in [-0.15, -0.1) is 11.8 Å². The van der Waals surface area contributed by atoms with Crippen molar-refractivity contribution in [2.45, 2.75) is 228 Å². The molecule has 1 aliphatic heterocycles. The second kappa shape index (κ2) is 36.0. The number of aliphatic hydroxyl groups excluding tert-OH is 1. The zero-order valence-corrected chi connectivity index (χ0v) is 58.2. The third kappa shape index (κ3) is 21.8. The SMILES string of the molecule is C/C=C/C[C@@H](C)[C@@H](O)[C@H]1C(=O)N[C@@H](CC)C(=O)N(C)[C@@H](SC)C(=O)N(C)[C@@H](CC(C)C)C(=O)N[C@@H](C(C)C)C(=O)N(C)[C@@H](CC(C)C)C(=O)N[C@@H](C)C(=O)N[C@H](C)C(=O)N(C)[C@@H](CC(C)C)C(=O)N(C)[C@@H](CC(C)C)C(=O)N(C)[C@@H](C(C)C)C(=O)N1C. The molecule has 1 aliphatic rings. The van der Waals surface area contributed by atoms with E-state index in [1.165, 1.54) is 92.6 Å². The van der Waals surface area contributed by atoms with Crippen LogP contribution in [-0.2, 0) is 52.7 Å². The first-order valence-electron chi connectivity index (χ1n) is 31.1. The fraction of sp³-hybridized carbons (Fsp3) is 0.794. The van der Waals surface area contributed by atoms with Crippen LogP contribution in [0.1, 0.15) is 156 Å². The highest BCUT2D eigenvalue weighted by molar-refractivity contribution is 7.99. The lowest BCUT2D eigenvalue weighted by molar-refractivity contribution is -0.157. The van der Waals surface area contributed by atoms with Gasteiger partial charge in [0.15, 0.2) is 5.37 Å². The standard InChI is InChI=1S/C63H113N11O12S/c1-26-28-29-40(15)51(75)50-55(79)66-43(27-2)57(81)74(24)63(87-25)62(86)69(19)45(31-35(5)6)54(78)67-48(38(11)12)60(84)68(18)44(30-34(3)4)53(77)64-41(16)52(76)65-42(17)56(80)70(20)46(32-36(7)8)58(82)71(21)47(33-37(9)10)59(83)72(22)49(39(13)14)61(85)73(50)23/h26,28,34-51,63,75H,27,29-33H2,1-25H3,(H,64,77)(H,65,76)(H,66,79)(H,67,78)/b28-26+/t40-,41+,42-,43+,44+,45+,46+,47+,48+,49+,50+,51-,63+/m1/s1. The first-order chi connectivity index (χ1) is 40.2. The predicted molar refractivity (Wildman–Crippen MR) is 341 cm³/mol. The zero-order valence-electron chi connectivity index (χ0n) is 57.3. The minimum atomic E-state index is -1.62.